The lowest BCUT2D eigenvalue weighted by Crippen LogP contribution is -2.11. The second-order valence-electron chi connectivity index (χ2n) is 4.14. The van der Waals surface area contributed by atoms with E-state index in [9.17, 15) is 4.79 Å². The van der Waals surface area contributed by atoms with Crippen LogP contribution in [0.5, 0.6) is 0 Å². The number of carbonyl (C=O) groups is 1. The Labute approximate surface area is 112 Å². The van der Waals surface area contributed by atoms with Crippen molar-refractivity contribution < 1.29 is 4.79 Å². The zero-order valence-corrected chi connectivity index (χ0v) is 11.2. The van der Waals surface area contributed by atoms with Gasteiger partial charge < -0.3 is 0 Å². The van der Waals surface area contributed by atoms with Gasteiger partial charge in [-0.3, -0.25) is 10.1 Å². The van der Waals surface area contributed by atoms with Crippen molar-refractivity contribution in [3.8, 4) is 0 Å². The highest BCUT2D eigenvalue weighted by Crippen LogP contribution is 2.22. The topological polar surface area (TPSA) is 83.6 Å². The Morgan fingerprint density at radius 3 is 2.79 bits per heavy atom. The molecule has 0 saturated carbocycles. The van der Waals surface area contributed by atoms with Gasteiger partial charge in [-0.15, -0.1) is 11.3 Å². The van der Waals surface area contributed by atoms with E-state index in [1.807, 2.05) is 13.8 Å². The van der Waals surface area contributed by atoms with Crippen LogP contribution in [-0.4, -0.2) is 26.3 Å². The molecule has 96 valence electrons. The molecule has 0 bridgehead atoms. The average Bonchev–Trinajstić information content (AvgIpc) is 2.96. The van der Waals surface area contributed by atoms with E-state index in [2.05, 4.69) is 25.7 Å². The Kier molecular flexibility index (Phi) is 2.75. The normalized spacial score (nSPS) is 10.8. The summed E-state index contributed by atoms with van der Waals surface area (Å²) in [6.45, 7) is 3.90. The van der Waals surface area contributed by atoms with Gasteiger partial charge in [-0.1, -0.05) is 0 Å². The summed E-state index contributed by atoms with van der Waals surface area (Å²) in [7, 11) is 0. The van der Waals surface area contributed by atoms with E-state index >= 15 is 0 Å². The van der Waals surface area contributed by atoms with Gasteiger partial charge in [0.15, 0.2) is 5.13 Å². The third-order valence-corrected chi connectivity index (χ3v) is 3.82. The second-order valence-corrected chi connectivity index (χ2v) is 5.35. The number of hydrogen-bond acceptors (Lipinski definition) is 5. The average molecular weight is 273 g/mol. The summed E-state index contributed by atoms with van der Waals surface area (Å²) in [5.74, 6) is -0.196. The maximum Gasteiger partial charge on any atom is 0.257 e. The lowest BCUT2D eigenvalue weighted by Gasteiger charge is -2.00. The summed E-state index contributed by atoms with van der Waals surface area (Å²) in [5.41, 5.74) is 2.87. The molecule has 2 heterocycles. The minimum absolute atomic E-state index is 0.196. The second kappa shape index (κ2) is 4.43. The molecule has 2 aromatic heterocycles. The van der Waals surface area contributed by atoms with Crippen LogP contribution in [0.2, 0.25) is 0 Å². The fraction of sp³-hybridized carbons (Fsp3) is 0.167. The maximum absolute atomic E-state index is 12.1. The van der Waals surface area contributed by atoms with E-state index in [-0.39, 0.29) is 5.91 Å². The number of aromatic nitrogens is 4. The van der Waals surface area contributed by atoms with Crippen LogP contribution in [0, 0.1) is 13.8 Å². The number of rotatable bonds is 2. The van der Waals surface area contributed by atoms with Crippen molar-refractivity contribution >= 4 is 33.4 Å². The monoisotopic (exact) mass is 273 g/mol. The molecule has 2 N–H and O–H groups in total. The number of aromatic amines is 1. The molecule has 1 aromatic carbocycles. The molecule has 0 saturated heterocycles. The predicted molar refractivity (Wildman–Crippen MR) is 73.4 cm³/mol. The molecule has 0 atom stereocenters. The van der Waals surface area contributed by atoms with Crippen molar-refractivity contribution in [2.24, 2.45) is 0 Å². The van der Waals surface area contributed by atoms with Crippen LogP contribution in [0.15, 0.2) is 18.2 Å². The zero-order valence-electron chi connectivity index (χ0n) is 10.4. The van der Waals surface area contributed by atoms with Crippen LogP contribution in [-0.2, 0) is 0 Å². The van der Waals surface area contributed by atoms with Gasteiger partial charge in [0.05, 0.1) is 5.69 Å². The van der Waals surface area contributed by atoms with Gasteiger partial charge >= 0.3 is 0 Å². The fourth-order valence-electron chi connectivity index (χ4n) is 1.68. The van der Waals surface area contributed by atoms with Crippen LogP contribution in [0.1, 0.15) is 20.9 Å². The van der Waals surface area contributed by atoms with Gasteiger partial charge in [-0.05, 0) is 32.0 Å². The highest BCUT2D eigenvalue weighted by molar-refractivity contribution is 7.15. The highest BCUT2D eigenvalue weighted by Gasteiger charge is 2.11. The third-order valence-electron chi connectivity index (χ3n) is 2.83. The van der Waals surface area contributed by atoms with Crippen molar-refractivity contribution in [2.45, 2.75) is 13.8 Å². The third kappa shape index (κ3) is 2.19. The number of anilines is 1. The molecule has 3 rings (SSSR count). The fourth-order valence-corrected chi connectivity index (χ4v) is 2.49. The number of aryl methyl sites for hydroxylation is 2. The highest BCUT2D eigenvalue weighted by atomic mass is 32.1. The summed E-state index contributed by atoms with van der Waals surface area (Å²) in [4.78, 5) is 17.5. The molecular formula is C12H11N5OS. The quantitative estimate of drug-likeness (QED) is 0.750. The molecule has 1 amide bonds. The summed E-state index contributed by atoms with van der Waals surface area (Å²) >= 11 is 1.47. The molecule has 19 heavy (non-hydrogen) atoms. The number of carbonyl (C=O) groups excluding carboxylic acids is 1. The van der Waals surface area contributed by atoms with E-state index in [1.54, 1.807) is 18.2 Å². The largest absolute Gasteiger partial charge is 0.298 e. The smallest absolute Gasteiger partial charge is 0.257 e. The molecule has 0 spiro atoms. The molecule has 0 unspecified atom stereocenters. The van der Waals surface area contributed by atoms with Crippen LogP contribution in [0.25, 0.3) is 11.0 Å². The number of H-pyrrole nitrogens is 1. The molecular weight excluding hydrogens is 262 g/mol. The van der Waals surface area contributed by atoms with Gasteiger partial charge in [-0.2, -0.15) is 15.4 Å². The minimum atomic E-state index is -0.196. The summed E-state index contributed by atoms with van der Waals surface area (Å²) in [6, 6.07) is 5.17. The van der Waals surface area contributed by atoms with Gasteiger partial charge in [-0.25, -0.2) is 4.98 Å². The SMILES string of the molecule is Cc1nc(NC(=O)c2ccc3n[nH]nc3c2)sc1C. The van der Waals surface area contributed by atoms with E-state index < -0.39 is 0 Å². The Morgan fingerprint density at radius 2 is 2.05 bits per heavy atom. The number of amides is 1. The summed E-state index contributed by atoms with van der Waals surface area (Å²) in [5, 5.41) is 13.8. The number of benzene rings is 1. The van der Waals surface area contributed by atoms with Crippen molar-refractivity contribution in [1.29, 1.82) is 0 Å². The Morgan fingerprint density at radius 1 is 1.26 bits per heavy atom. The molecule has 0 fully saturated rings. The predicted octanol–water partition coefficient (Wildman–Crippen LogP) is 2.28. The van der Waals surface area contributed by atoms with Gasteiger partial charge in [0, 0.05) is 10.4 Å². The first kappa shape index (κ1) is 11.8. The molecule has 6 nitrogen and oxygen atoms in total. The lowest BCUT2D eigenvalue weighted by atomic mass is 10.2. The zero-order chi connectivity index (χ0) is 13.4. The summed E-state index contributed by atoms with van der Waals surface area (Å²) in [6.07, 6.45) is 0. The Balaban J connectivity index is 1.86. The Hall–Kier alpha value is -2.28. The molecule has 0 aliphatic heterocycles. The van der Waals surface area contributed by atoms with Crippen LogP contribution < -0.4 is 5.32 Å². The first-order valence-corrected chi connectivity index (χ1v) is 6.51. The first-order valence-electron chi connectivity index (χ1n) is 5.69. The van der Waals surface area contributed by atoms with Crippen molar-refractivity contribution in [3.63, 3.8) is 0 Å². The number of fused-ring (bicyclic) bond motifs is 1. The lowest BCUT2D eigenvalue weighted by molar-refractivity contribution is 0.102. The number of hydrogen-bond donors (Lipinski definition) is 2. The number of nitrogens with one attached hydrogen (secondary N) is 2. The molecule has 3 aromatic rings. The minimum Gasteiger partial charge on any atom is -0.298 e. The van der Waals surface area contributed by atoms with E-state index in [0.717, 1.165) is 16.1 Å². The van der Waals surface area contributed by atoms with Crippen LogP contribution >= 0.6 is 11.3 Å². The first-order chi connectivity index (χ1) is 9.13. The van der Waals surface area contributed by atoms with Crippen molar-refractivity contribution in [1.82, 2.24) is 20.4 Å². The van der Waals surface area contributed by atoms with Crippen LogP contribution in [0.3, 0.4) is 0 Å². The van der Waals surface area contributed by atoms with Gasteiger partial charge in [0.25, 0.3) is 5.91 Å². The van der Waals surface area contributed by atoms with E-state index in [1.165, 1.54) is 11.3 Å². The summed E-state index contributed by atoms with van der Waals surface area (Å²) < 4.78 is 0. The molecule has 0 aliphatic carbocycles. The molecule has 0 radical (unpaired) electrons. The number of nitrogens with zero attached hydrogens (tertiary/aromatic N) is 3. The molecule has 7 heteroatoms. The maximum atomic E-state index is 12.1. The Bertz CT molecular complexity index is 741. The van der Waals surface area contributed by atoms with Crippen molar-refractivity contribution in [3.05, 3.63) is 34.3 Å². The van der Waals surface area contributed by atoms with Crippen LogP contribution in [0.4, 0.5) is 5.13 Å². The van der Waals surface area contributed by atoms with Gasteiger partial charge in [0.2, 0.25) is 0 Å². The van der Waals surface area contributed by atoms with E-state index in [0.29, 0.717) is 16.2 Å². The molecule has 0 aliphatic rings. The van der Waals surface area contributed by atoms with Crippen molar-refractivity contribution in [2.75, 3.05) is 5.32 Å². The van der Waals surface area contributed by atoms with Gasteiger partial charge in [0.1, 0.15) is 11.0 Å². The number of thiazole rings is 1. The van der Waals surface area contributed by atoms with E-state index in [4.69, 9.17) is 0 Å². The standard InChI is InChI=1S/C12H11N5OS/c1-6-7(2)19-12(13-6)14-11(18)8-3-4-9-10(5-8)16-17-15-9/h3-5H,1-2H3,(H,13,14,18)(H,15,16,17).